The van der Waals surface area contributed by atoms with Crippen LogP contribution >= 0.6 is 0 Å². The molecule has 0 spiro atoms. The molecule has 236 valence electrons. The van der Waals surface area contributed by atoms with Gasteiger partial charge in [0.2, 0.25) is 11.8 Å². The van der Waals surface area contributed by atoms with Crippen molar-refractivity contribution in [2.75, 3.05) is 13.7 Å². The summed E-state index contributed by atoms with van der Waals surface area (Å²) >= 11 is 0. The smallest absolute Gasteiger partial charge is 0.268 e. The van der Waals surface area contributed by atoms with Gasteiger partial charge in [0, 0.05) is 41.0 Å². The Morgan fingerprint density at radius 3 is 2.59 bits per heavy atom. The zero-order valence-electron chi connectivity index (χ0n) is 26.3. The zero-order valence-corrected chi connectivity index (χ0v) is 26.3. The number of amides is 3. The molecule has 1 unspecified atom stereocenters. The summed E-state index contributed by atoms with van der Waals surface area (Å²) in [4.78, 5) is 42.7. The Balaban J connectivity index is 1.51. The van der Waals surface area contributed by atoms with E-state index in [0.29, 0.717) is 37.4 Å². The summed E-state index contributed by atoms with van der Waals surface area (Å²) in [6.07, 6.45) is 1.28. The van der Waals surface area contributed by atoms with Crippen LogP contribution in [0.1, 0.15) is 75.8 Å². The lowest BCUT2D eigenvalue weighted by molar-refractivity contribution is -0.126. The first kappa shape index (κ1) is 32.5. The maximum Gasteiger partial charge on any atom is 0.268 e. The summed E-state index contributed by atoms with van der Waals surface area (Å²) in [5.41, 5.74) is 2.61. The third-order valence-electron chi connectivity index (χ3n) is 7.90. The van der Waals surface area contributed by atoms with Crippen molar-refractivity contribution in [1.29, 1.82) is 5.26 Å². The highest BCUT2D eigenvalue weighted by molar-refractivity contribution is 6.01. The normalized spacial score (nSPS) is 17.1. The van der Waals surface area contributed by atoms with Gasteiger partial charge in [-0.15, -0.1) is 0 Å². The van der Waals surface area contributed by atoms with Crippen LogP contribution in [-0.4, -0.2) is 64.7 Å². The molecule has 12 heteroatoms. The monoisotopic (exact) mass is 604 g/mol. The molecule has 0 radical (unpaired) electrons. The van der Waals surface area contributed by atoms with E-state index in [0.717, 1.165) is 22.3 Å². The number of hydrogen-bond acceptors (Lipinski definition) is 7. The number of ether oxygens (including phenoxy) is 1. The Bertz CT molecular complexity index is 1510. The van der Waals surface area contributed by atoms with Gasteiger partial charge in [-0.1, -0.05) is 40.7 Å². The van der Waals surface area contributed by atoms with E-state index in [4.69, 9.17) is 4.74 Å². The molecule has 1 aliphatic rings. The molecule has 1 aliphatic heterocycles. The predicted molar refractivity (Wildman–Crippen MR) is 167 cm³/mol. The van der Waals surface area contributed by atoms with Crippen LogP contribution in [-0.2, 0) is 21.5 Å². The maximum atomic E-state index is 13.8. The minimum atomic E-state index is -0.864. The topological polar surface area (TPSA) is 177 Å². The molecule has 0 saturated carbocycles. The number of benzene rings is 1. The quantitative estimate of drug-likeness (QED) is 0.174. The number of hydrogen-bond donors (Lipinski definition) is 6. The second kappa shape index (κ2) is 13.9. The van der Waals surface area contributed by atoms with E-state index in [1.54, 1.807) is 13.2 Å². The molecule has 4 atom stereocenters. The second-order valence-electron chi connectivity index (χ2n) is 12.9. The van der Waals surface area contributed by atoms with E-state index in [-0.39, 0.29) is 29.6 Å². The molecule has 12 nitrogen and oxygen atoms in total. The maximum absolute atomic E-state index is 13.8. The van der Waals surface area contributed by atoms with E-state index in [2.05, 4.69) is 63.3 Å². The fourth-order valence-electron chi connectivity index (χ4n) is 5.44. The Morgan fingerprint density at radius 2 is 1.98 bits per heavy atom. The van der Waals surface area contributed by atoms with E-state index in [1.165, 1.54) is 0 Å². The first-order valence-electron chi connectivity index (χ1n) is 15.1. The van der Waals surface area contributed by atoms with E-state index in [9.17, 15) is 19.6 Å². The minimum Gasteiger partial charge on any atom is -0.496 e. The van der Waals surface area contributed by atoms with Gasteiger partial charge in [-0.3, -0.25) is 24.8 Å². The first-order chi connectivity index (χ1) is 20.9. The van der Waals surface area contributed by atoms with Gasteiger partial charge in [0.15, 0.2) is 0 Å². The van der Waals surface area contributed by atoms with E-state index in [1.807, 2.05) is 38.1 Å². The van der Waals surface area contributed by atoms with Gasteiger partial charge >= 0.3 is 0 Å². The highest BCUT2D eigenvalue weighted by Gasteiger charge is 2.34. The molecule has 0 bridgehead atoms. The average molecular weight is 605 g/mol. The molecular weight excluding hydrogens is 560 g/mol. The number of methoxy groups -OCH3 is 1. The Labute approximate surface area is 258 Å². The standard InChI is InChI=1S/C32H44N8O4/c1-18(2)12-24(38-31(43)25-15-21-22(36-25)8-7-9-27(21)44-6)30(42)37-23(13-19-10-11-34-29(19)41)26(16-33)35-17-20-14-28(40-39-20)32(3,4)5/h7-9,14-15,18-19,23-24,26,35-36H,10-13,17H2,1-6H3,(H,34,41)(H,37,42)(H,38,43)(H,39,40)/t19-,23-,24-,26?/m0/s1. The van der Waals surface area contributed by atoms with Crippen molar-refractivity contribution in [2.24, 2.45) is 11.8 Å². The lowest BCUT2D eigenvalue weighted by atomic mass is 9.92. The average Bonchev–Trinajstić information content (AvgIpc) is 3.72. The van der Waals surface area contributed by atoms with Crippen molar-refractivity contribution in [3.63, 3.8) is 0 Å². The number of carbonyl (C=O) groups is 3. The third-order valence-corrected chi connectivity index (χ3v) is 7.90. The van der Waals surface area contributed by atoms with Gasteiger partial charge in [0.1, 0.15) is 23.5 Å². The summed E-state index contributed by atoms with van der Waals surface area (Å²) in [6.45, 7) is 11.0. The van der Waals surface area contributed by atoms with Gasteiger partial charge < -0.3 is 25.7 Å². The Morgan fingerprint density at radius 1 is 1.20 bits per heavy atom. The van der Waals surface area contributed by atoms with Crippen LogP contribution in [0.3, 0.4) is 0 Å². The molecule has 1 aromatic carbocycles. The summed E-state index contributed by atoms with van der Waals surface area (Å²) in [6, 6.07) is 9.07. The molecule has 44 heavy (non-hydrogen) atoms. The molecule has 1 saturated heterocycles. The van der Waals surface area contributed by atoms with Gasteiger partial charge in [-0.2, -0.15) is 10.4 Å². The second-order valence-corrected chi connectivity index (χ2v) is 12.9. The van der Waals surface area contributed by atoms with E-state index < -0.39 is 29.9 Å². The molecule has 2 aromatic heterocycles. The summed E-state index contributed by atoms with van der Waals surface area (Å²) in [5, 5.41) is 30.3. The van der Waals surface area contributed by atoms with Crippen LogP contribution in [0.25, 0.3) is 10.9 Å². The molecular formula is C32H44N8O4. The van der Waals surface area contributed by atoms with Gasteiger partial charge in [0.25, 0.3) is 5.91 Å². The molecule has 6 N–H and O–H groups in total. The number of nitriles is 1. The lowest BCUT2D eigenvalue weighted by Gasteiger charge is -2.28. The molecule has 3 amide bonds. The van der Waals surface area contributed by atoms with Crippen LogP contribution in [0.4, 0.5) is 0 Å². The number of aromatic amines is 2. The van der Waals surface area contributed by atoms with Crippen molar-refractivity contribution in [1.82, 2.24) is 36.4 Å². The molecule has 1 fully saturated rings. The van der Waals surface area contributed by atoms with Crippen LogP contribution in [0, 0.1) is 23.2 Å². The van der Waals surface area contributed by atoms with Crippen LogP contribution in [0.15, 0.2) is 30.3 Å². The highest BCUT2D eigenvalue weighted by Crippen LogP contribution is 2.26. The largest absolute Gasteiger partial charge is 0.496 e. The number of carbonyl (C=O) groups excluding carboxylic acids is 3. The van der Waals surface area contributed by atoms with Crippen molar-refractivity contribution >= 4 is 28.6 Å². The number of nitrogens with zero attached hydrogens (tertiary/aromatic N) is 2. The molecule has 3 aromatic rings. The minimum absolute atomic E-state index is 0.0920. The van der Waals surface area contributed by atoms with Gasteiger partial charge in [-0.05, 0) is 49.4 Å². The number of fused-ring (bicyclic) bond motifs is 1. The van der Waals surface area contributed by atoms with Crippen LogP contribution in [0.5, 0.6) is 5.75 Å². The van der Waals surface area contributed by atoms with Crippen LogP contribution in [0.2, 0.25) is 0 Å². The number of H-pyrrole nitrogens is 2. The first-order valence-corrected chi connectivity index (χ1v) is 15.1. The van der Waals surface area contributed by atoms with E-state index >= 15 is 0 Å². The summed E-state index contributed by atoms with van der Waals surface area (Å²) < 4.78 is 5.41. The number of aromatic nitrogens is 3. The number of rotatable bonds is 13. The predicted octanol–water partition coefficient (Wildman–Crippen LogP) is 3.03. The van der Waals surface area contributed by atoms with Gasteiger partial charge in [0.05, 0.1) is 24.9 Å². The third kappa shape index (κ3) is 7.96. The molecule has 4 rings (SSSR count). The van der Waals surface area contributed by atoms with Crippen molar-refractivity contribution in [2.45, 2.75) is 84.0 Å². The Hall–Kier alpha value is -4.37. The van der Waals surface area contributed by atoms with Crippen molar-refractivity contribution < 1.29 is 19.1 Å². The molecule has 3 heterocycles. The fourth-order valence-corrected chi connectivity index (χ4v) is 5.44. The SMILES string of the molecule is COc1cccc2[nH]c(C(=O)N[C@@H](CC(C)C)C(=O)N[C@@H](C[C@@H]3CCNC3=O)C(C#N)NCc3cc(C(C)(C)C)n[nH]3)cc12. The van der Waals surface area contributed by atoms with Crippen molar-refractivity contribution in [3.05, 3.63) is 47.4 Å². The lowest BCUT2D eigenvalue weighted by Crippen LogP contribution is -2.56. The zero-order chi connectivity index (χ0) is 32.0. The van der Waals surface area contributed by atoms with Crippen LogP contribution < -0.4 is 26.0 Å². The summed E-state index contributed by atoms with van der Waals surface area (Å²) in [7, 11) is 1.57. The Kier molecular flexibility index (Phi) is 10.3. The van der Waals surface area contributed by atoms with Crippen molar-refractivity contribution in [3.8, 4) is 11.8 Å². The highest BCUT2D eigenvalue weighted by atomic mass is 16.5. The fraction of sp³-hybridized carbons (Fsp3) is 0.531. The van der Waals surface area contributed by atoms with Gasteiger partial charge in [-0.25, -0.2) is 0 Å². The number of nitrogens with one attached hydrogen (secondary N) is 6. The molecule has 0 aliphatic carbocycles. The summed E-state index contributed by atoms with van der Waals surface area (Å²) in [5.74, 6) is -0.548.